The van der Waals surface area contributed by atoms with Crippen LogP contribution in [0.3, 0.4) is 0 Å². The molecule has 7 heteroatoms. The Morgan fingerprint density at radius 3 is 2.62 bits per heavy atom. The minimum atomic E-state index is -0.477. The second-order valence-electron chi connectivity index (χ2n) is 8.99. The topological polar surface area (TPSA) is 51.4 Å². The van der Waals surface area contributed by atoms with Gasteiger partial charge in [0.25, 0.3) is 5.56 Å². The fourth-order valence-electron chi connectivity index (χ4n) is 4.45. The van der Waals surface area contributed by atoms with E-state index in [4.69, 9.17) is 16.6 Å². The lowest BCUT2D eigenvalue weighted by atomic mass is 9.73. The van der Waals surface area contributed by atoms with Crippen LogP contribution in [0.1, 0.15) is 43.9 Å². The van der Waals surface area contributed by atoms with E-state index in [9.17, 15) is 9.59 Å². The Morgan fingerprint density at radius 1 is 1.16 bits per heavy atom. The van der Waals surface area contributed by atoms with Crippen LogP contribution in [-0.2, 0) is 4.79 Å². The van der Waals surface area contributed by atoms with Gasteiger partial charge in [-0.05, 0) is 53.3 Å². The highest BCUT2D eigenvalue weighted by Crippen LogP contribution is 2.43. The Bertz CT molecular complexity index is 1460. The van der Waals surface area contributed by atoms with Gasteiger partial charge in [-0.3, -0.25) is 14.2 Å². The largest absolute Gasteiger partial charge is 0.294 e. The van der Waals surface area contributed by atoms with Crippen molar-refractivity contribution >= 4 is 50.7 Å². The highest BCUT2D eigenvalue weighted by molar-refractivity contribution is 9.10. The quantitative estimate of drug-likeness (QED) is 0.470. The summed E-state index contributed by atoms with van der Waals surface area (Å²) in [7, 11) is 0. The van der Waals surface area contributed by atoms with E-state index in [1.807, 2.05) is 42.5 Å². The van der Waals surface area contributed by atoms with E-state index >= 15 is 0 Å². The van der Waals surface area contributed by atoms with E-state index in [1.54, 1.807) is 16.7 Å². The number of thiazole rings is 1. The Morgan fingerprint density at radius 2 is 1.91 bits per heavy atom. The van der Waals surface area contributed by atoms with Gasteiger partial charge in [0.15, 0.2) is 10.6 Å². The highest BCUT2D eigenvalue weighted by atomic mass is 79.9. The average Bonchev–Trinajstić information content (AvgIpc) is 3.02. The van der Waals surface area contributed by atoms with Gasteiger partial charge in [0, 0.05) is 21.5 Å². The minimum absolute atomic E-state index is 0.0666. The summed E-state index contributed by atoms with van der Waals surface area (Å²) >= 11 is 10.9. The summed E-state index contributed by atoms with van der Waals surface area (Å²) in [6.45, 7) is 4.18. The maximum absolute atomic E-state index is 13.6. The van der Waals surface area contributed by atoms with Crippen molar-refractivity contribution in [1.29, 1.82) is 0 Å². The first kappa shape index (κ1) is 21.6. The van der Waals surface area contributed by atoms with Gasteiger partial charge in [0.2, 0.25) is 0 Å². The van der Waals surface area contributed by atoms with Gasteiger partial charge in [0.1, 0.15) is 0 Å². The van der Waals surface area contributed by atoms with Crippen molar-refractivity contribution in [3.05, 3.63) is 100 Å². The summed E-state index contributed by atoms with van der Waals surface area (Å²) in [5.74, 6) is 0.0666. The molecule has 0 bridgehead atoms. The molecular formula is C25H20BrClN2O2S. The van der Waals surface area contributed by atoms with Crippen LogP contribution in [0.15, 0.2) is 74.1 Å². The molecule has 0 amide bonds. The van der Waals surface area contributed by atoms with Crippen molar-refractivity contribution in [3.63, 3.8) is 0 Å². The number of hydrogen-bond acceptors (Lipinski definition) is 4. The number of fused-ring (bicyclic) bond motifs is 1. The van der Waals surface area contributed by atoms with Gasteiger partial charge < -0.3 is 0 Å². The van der Waals surface area contributed by atoms with Gasteiger partial charge in [-0.25, -0.2) is 4.99 Å². The van der Waals surface area contributed by atoms with Gasteiger partial charge >= 0.3 is 0 Å². The predicted molar refractivity (Wildman–Crippen MR) is 132 cm³/mol. The lowest BCUT2D eigenvalue weighted by molar-refractivity contribution is -0.118. The van der Waals surface area contributed by atoms with Crippen molar-refractivity contribution in [2.24, 2.45) is 10.4 Å². The smallest absolute Gasteiger partial charge is 0.271 e. The molecule has 32 heavy (non-hydrogen) atoms. The summed E-state index contributed by atoms with van der Waals surface area (Å²) in [5, 5.41) is 0.645. The molecule has 4 nitrogen and oxygen atoms in total. The van der Waals surface area contributed by atoms with Crippen LogP contribution in [0.25, 0.3) is 6.08 Å². The normalized spacial score (nSPS) is 20.1. The number of hydrogen-bond donors (Lipinski definition) is 0. The summed E-state index contributed by atoms with van der Waals surface area (Å²) in [4.78, 5) is 32.3. The summed E-state index contributed by atoms with van der Waals surface area (Å²) < 4.78 is 3.17. The number of rotatable bonds is 2. The van der Waals surface area contributed by atoms with Gasteiger partial charge in [-0.1, -0.05) is 77.0 Å². The number of halogens is 2. The number of carbonyl (C=O) groups excluding carboxylic acids is 1. The molecule has 1 unspecified atom stereocenters. The average molecular weight is 528 g/mol. The minimum Gasteiger partial charge on any atom is -0.294 e. The van der Waals surface area contributed by atoms with Gasteiger partial charge in [-0.2, -0.15) is 0 Å². The molecule has 162 valence electrons. The van der Waals surface area contributed by atoms with Crippen LogP contribution in [0, 0.1) is 5.41 Å². The molecule has 1 aliphatic heterocycles. The Kier molecular flexibility index (Phi) is 5.35. The number of benzene rings is 2. The highest BCUT2D eigenvalue weighted by Gasteiger charge is 2.40. The van der Waals surface area contributed by atoms with Crippen LogP contribution in [0.2, 0.25) is 5.02 Å². The number of carbonyl (C=O) groups is 1. The molecule has 2 aromatic carbocycles. The molecule has 2 aliphatic rings. The maximum Gasteiger partial charge on any atom is 0.271 e. The van der Waals surface area contributed by atoms with Crippen molar-refractivity contribution in [1.82, 2.24) is 4.57 Å². The van der Waals surface area contributed by atoms with Crippen LogP contribution in [0.5, 0.6) is 0 Å². The van der Waals surface area contributed by atoms with Crippen molar-refractivity contribution in [2.45, 2.75) is 32.7 Å². The molecule has 1 aromatic heterocycles. The van der Waals surface area contributed by atoms with Crippen molar-refractivity contribution in [2.75, 3.05) is 0 Å². The lowest BCUT2D eigenvalue weighted by Crippen LogP contribution is -2.42. The number of ketones is 1. The van der Waals surface area contributed by atoms with Crippen LogP contribution in [-0.4, -0.2) is 10.4 Å². The molecule has 5 rings (SSSR count). The third kappa shape index (κ3) is 3.85. The standard InChI is InChI=1S/C25H20BrClN2O2S/c1-25(2)12-18-21(19(30)13-25)22(15-4-3-5-16(26)11-15)29-23(31)20(32-24(29)28-18)10-14-6-8-17(27)9-7-14/h3-11,22H,12-13H2,1-2H3. The predicted octanol–water partition coefficient (Wildman–Crippen LogP) is 5.02. The summed E-state index contributed by atoms with van der Waals surface area (Å²) in [5.41, 5.74) is 2.94. The first-order valence-electron chi connectivity index (χ1n) is 10.3. The van der Waals surface area contributed by atoms with Crippen LogP contribution < -0.4 is 14.9 Å². The SMILES string of the molecule is CC1(C)CC(=O)C2=C(C1)N=c1sc(=Cc3ccc(Cl)cc3)c(=O)n1C2c1cccc(Br)c1. The number of aromatic nitrogens is 1. The number of allylic oxidation sites excluding steroid dienone is 2. The van der Waals surface area contributed by atoms with E-state index < -0.39 is 6.04 Å². The molecule has 0 saturated carbocycles. The third-order valence-corrected chi connectivity index (χ3v) is 7.56. The second kappa shape index (κ2) is 7.94. The van der Waals surface area contributed by atoms with E-state index in [1.165, 1.54) is 11.3 Å². The van der Waals surface area contributed by atoms with E-state index in [0.29, 0.717) is 32.8 Å². The Labute approximate surface area is 202 Å². The first-order chi connectivity index (χ1) is 15.2. The van der Waals surface area contributed by atoms with Crippen molar-refractivity contribution < 1.29 is 4.79 Å². The molecule has 0 saturated heterocycles. The zero-order valence-corrected chi connectivity index (χ0v) is 20.7. The molecule has 0 fully saturated rings. The van der Waals surface area contributed by atoms with Gasteiger partial charge in [-0.15, -0.1) is 0 Å². The van der Waals surface area contributed by atoms with E-state index in [-0.39, 0.29) is 16.8 Å². The number of Topliss-reactive ketones (excluding diaryl/α,β-unsaturated/α-hetero) is 1. The van der Waals surface area contributed by atoms with Gasteiger partial charge in [0.05, 0.1) is 16.3 Å². The zero-order valence-electron chi connectivity index (χ0n) is 17.6. The third-order valence-electron chi connectivity index (χ3n) is 5.83. The molecule has 0 spiro atoms. The van der Waals surface area contributed by atoms with E-state index in [0.717, 1.165) is 21.3 Å². The second-order valence-corrected chi connectivity index (χ2v) is 11.4. The molecular weight excluding hydrogens is 508 g/mol. The Hall–Kier alpha value is -2.28. The van der Waals surface area contributed by atoms with Crippen LogP contribution >= 0.6 is 38.9 Å². The molecule has 0 N–H and O–H groups in total. The fourth-order valence-corrected chi connectivity index (χ4v) is 6.01. The molecule has 1 aliphatic carbocycles. The van der Waals surface area contributed by atoms with E-state index in [2.05, 4.69) is 29.8 Å². The monoisotopic (exact) mass is 526 g/mol. The molecule has 0 radical (unpaired) electrons. The number of nitrogens with zero attached hydrogens (tertiary/aromatic N) is 2. The first-order valence-corrected chi connectivity index (χ1v) is 12.3. The summed E-state index contributed by atoms with van der Waals surface area (Å²) in [6.07, 6.45) is 3.01. The fraction of sp³-hybridized carbons (Fsp3) is 0.240. The summed E-state index contributed by atoms with van der Waals surface area (Å²) in [6, 6.07) is 14.7. The molecule has 1 atom stereocenters. The van der Waals surface area contributed by atoms with Crippen LogP contribution in [0.4, 0.5) is 0 Å². The Balaban J connectivity index is 1.77. The molecule has 3 aromatic rings. The molecule has 2 heterocycles. The lowest BCUT2D eigenvalue weighted by Gasteiger charge is -2.35. The zero-order chi connectivity index (χ0) is 22.6. The maximum atomic E-state index is 13.6. The van der Waals surface area contributed by atoms with Crippen molar-refractivity contribution in [3.8, 4) is 0 Å².